The van der Waals surface area contributed by atoms with Crippen LogP contribution in [0.4, 0.5) is 0 Å². The Morgan fingerprint density at radius 1 is 0.824 bits per heavy atom. The number of aliphatic hydroxyl groups excluding tert-OH is 1. The number of fused-ring (bicyclic) bond motifs is 6. The van der Waals surface area contributed by atoms with E-state index in [-0.39, 0.29) is 48.9 Å². The number of hydrogen-bond donors (Lipinski definition) is 1. The largest absolute Gasteiger partial charge is 0.512 e. The summed E-state index contributed by atoms with van der Waals surface area (Å²) < 4.78 is 2.73. The number of nitrogens with zero attached hydrogens (tertiary/aromatic N) is 1. The minimum Gasteiger partial charge on any atom is -0.512 e. The van der Waals surface area contributed by atoms with Crippen molar-refractivity contribution < 1.29 is 30.0 Å². The van der Waals surface area contributed by atoms with Gasteiger partial charge in [0.1, 0.15) is 0 Å². The predicted octanol–water partition coefficient (Wildman–Crippen LogP) is 13.6. The molecule has 1 radical (unpaired) electrons. The number of para-hydroxylation sites is 1. The number of carbonyl (C=O) groups is 1. The quantitative estimate of drug-likeness (QED) is 0.0847. The van der Waals surface area contributed by atoms with Gasteiger partial charge in [-0.3, -0.25) is 9.78 Å². The van der Waals surface area contributed by atoms with Crippen molar-refractivity contribution in [3.05, 3.63) is 102 Å². The third kappa shape index (κ3) is 8.82. The van der Waals surface area contributed by atoms with E-state index >= 15 is 0 Å². The molecule has 0 saturated heterocycles. The van der Waals surface area contributed by atoms with E-state index in [9.17, 15) is 9.90 Å². The first-order valence-electron chi connectivity index (χ1n) is 18.5. The summed E-state index contributed by atoms with van der Waals surface area (Å²) in [6, 6.07) is 30.1. The van der Waals surface area contributed by atoms with E-state index in [0.717, 1.165) is 54.3 Å². The zero-order valence-corrected chi connectivity index (χ0v) is 35.0. The molecule has 0 bridgehead atoms. The summed E-state index contributed by atoms with van der Waals surface area (Å²) in [6.07, 6.45) is 5.99. The summed E-state index contributed by atoms with van der Waals surface area (Å²) in [6.45, 7) is 19.5. The molecular weight excluding hydrogens is 823 g/mol. The summed E-state index contributed by atoms with van der Waals surface area (Å²) in [5.74, 6) is 1.16. The van der Waals surface area contributed by atoms with Gasteiger partial charge in [-0.2, -0.15) is 0 Å². The second-order valence-corrected chi connectivity index (χ2v) is 16.1. The van der Waals surface area contributed by atoms with E-state index in [1.165, 1.54) is 48.1 Å². The van der Waals surface area contributed by atoms with Crippen LogP contribution in [-0.2, 0) is 36.7 Å². The van der Waals surface area contributed by atoms with Gasteiger partial charge in [0.25, 0.3) is 0 Å². The fraction of sp³-hybridized carbons (Fsp3) is 0.391. The average Bonchev–Trinajstić information content (AvgIpc) is 3.49. The Morgan fingerprint density at radius 3 is 2.06 bits per heavy atom. The number of hydrogen-bond acceptors (Lipinski definition) is 4. The van der Waals surface area contributed by atoms with Gasteiger partial charge in [-0.15, -0.1) is 40.5 Å². The molecule has 0 fully saturated rings. The summed E-state index contributed by atoms with van der Waals surface area (Å²) >= 11 is 1.93. The van der Waals surface area contributed by atoms with E-state index in [0.29, 0.717) is 5.92 Å². The number of allylic oxidation sites excluding steroid dienone is 2. The van der Waals surface area contributed by atoms with Crippen molar-refractivity contribution in [3.8, 4) is 11.3 Å². The summed E-state index contributed by atoms with van der Waals surface area (Å²) in [5.41, 5.74) is 5.96. The monoisotopic (exact) mass is 877 g/mol. The van der Waals surface area contributed by atoms with Gasteiger partial charge in [-0.05, 0) is 65.8 Å². The number of aliphatic hydroxyl groups is 1. The molecule has 5 heteroatoms. The van der Waals surface area contributed by atoms with Gasteiger partial charge in [-0.25, -0.2) is 0 Å². The van der Waals surface area contributed by atoms with E-state index < -0.39 is 0 Å². The van der Waals surface area contributed by atoms with Crippen molar-refractivity contribution in [2.45, 2.75) is 99.8 Å². The Bertz CT molecular complexity index is 2140. The first-order chi connectivity index (χ1) is 23.9. The molecule has 271 valence electrons. The Kier molecular flexibility index (Phi) is 13.8. The molecule has 4 aromatic carbocycles. The van der Waals surface area contributed by atoms with Crippen molar-refractivity contribution in [1.82, 2.24) is 4.98 Å². The van der Waals surface area contributed by atoms with E-state index in [4.69, 9.17) is 4.98 Å². The number of thiophene rings is 1. The normalized spacial score (nSPS) is 12.3. The first-order valence-corrected chi connectivity index (χ1v) is 19.4. The summed E-state index contributed by atoms with van der Waals surface area (Å²) in [4.78, 5) is 17.0. The zero-order chi connectivity index (χ0) is 36.2. The molecule has 0 atom stereocenters. The molecule has 51 heavy (non-hydrogen) atoms. The molecule has 6 aromatic rings. The van der Waals surface area contributed by atoms with Crippen LogP contribution >= 0.6 is 11.3 Å². The number of aromatic nitrogens is 1. The number of benzene rings is 4. The Hall–Kier alpha value is -3.37. The third-order valence-electron chi connectivity index (χ3n) is 9.96. The second kappa shape index (κ2) is 17.4. The topological polar surface area (TPSA) is 50.2 Å². The van der Waals surface area contributed by atoms with Crippen LogP contribution < -0.4 is 0 Å². The van der Waals surface area contributed by atoms with Crippen molar-refractivity contribution in [1.29, 1.82) is 0 Å². The Labute approximate surface area is 322 Å². The molecular formula is C46H54IrNO2S-. The van der Waals surface area contributed by atoms with Crippen molar-refractivity contribution in [3.63, 3.8) is 0 Å². The first kappa shape index (κ1) is 40.4. The van der Waals surface area contributed by atoms with Crippen LogP contribution in [0.25, 0.3) is 53.1 Å². The van der Waals surface area contributed by atoms with Crippen LogP contribution in [0.2, 0.25) is 0 Å². The van der Waals surface area contributed by atoms with E-state index in [2.05, 4.69) is 113 Å². The number of carbonyl (C=O) groups excluding carboxylic acids is 1. The molecule has 0 aliphatic carbocycles. The van der Waals surface area contributed by atoms with Crippen molar-refractivity contribution in [2.75, 3.05) is 0 Å². The number of pyridine rings is 1. The molecule has 0 aliphatic heterocycles. The fourth-order valence-corrected chi connectivity index (χ4v) is 8.45. The molecule has 0 aliphatic rings. The van der Waals surface area contributed by atoms with Gasteiger partial charge in [0, 0.05) is 58.5 Å². The third-order valence-corrected chi connectivity index (χ3v) is 11.3. The maximum atomic E-state index is 11.7. The van der Waals surface area contributed by atoms with E-state index in [1.54, 1.807) is 0 Å². The molecule has 2 heterocycles. The summed E-state index contributed by atoms with van der Waals surface area (Å²) in [5, 5.41) is 16.0. The molecule has 0 unspecified atom stereocenters. The van der Waals surface area contributed by atoms with Crippen molar-refractivity contribution >= 4 is 59.0 Å². The maximum Gasteiger partial charge on any atom is 0.162 e. The van der Waals surface area contributed by atoms with Gasteiger partial charge in [0.2, 0.25) is 0 Å². The van der Waals surface area contributed by atoms with Gasteiger partial charge < -0.3 is 5.11 Å². The molecule has 2 aromatic heterocycles. The van der Waals surface area contributed by atoms with Crippen LogP contribution in [0, 0.1) is 23.8 Å². The number of ketones is 1. The standard InChI is InChI=1S/C33H30NS.C13H24O2.Ir/c1-20(2)17-22-12-10-15-26-29-30(34-28-16-9-8-14-25(28)32(29)35-31(22)26)23-18-21-11-6-7-13-24(21)27(19-23)33(3,4)5;1-5-10(6-2)12(14)9-13(15)11(7-3)8-4;/h6-16,19-20H,17H2,1-5H3;9-11,14H,5-8H2,1-4H3;/q-1;;/b;12-9-;. The van der Waals surface area contributed by atoms with Crippen LogP contribution in [0.15, 0.2) is 84.6 Å². The van der Waals surface area contributed by atoms with E-state index in [1.807, 2.05) is 39.0 Å². The molecule has 0 saturated carbocycles. The van der Waals surface area contributed by atoms with Gasteiger partial charge in [-0.1, -0.05) is 128 Å². The van der Waals surface area contributed by atoms with Gasteiger partial charge in [0.05, 0.1) is 11.3 Å². The molecule has 3 nitrogen and oxygen atoms in total. The zero-order valence-electron chi connectivity index (χ0n) is 31.8. The number of rotatable bonds is 10. The van der Waals surface area contributed by atoms with Crippen molar-refractivity contribution in [2.24, 2.45) is 17.8 Å². The minimum absolute atomic E-state index is 0. The fourth-order valence-electron chi connectivity index (χ4n) is 7.10. The smallest absolute Gasteiger partial charge is 0.162 e. The SMILES string of the molecule is CC(C)Cc1cccc2c1sc1c3ccccc3nc(-c3[c-]c4ccccc4c(C(C)(C)C)c3)c21.CCC(CC)C(=O)/C=C(\O)C(CC)CC.[Ir]. The molecule has 6 rings (SSSR count). The van der Waals surface area contributed by atoms with Crippen LogP contribution in [0.5, 0.6) is 0 Å². The molecule has 1 N–H and O–H groups in total. The molecule has 0 amide bonds. The predicted molar refractivity (Wildman–Crippen MR) is 218 cm³/mol. The Morgan fingerprint density at radius 2 is 1.43 bits per heavy atom. The van der Waals surface area contributed by atoms with Gasteiger partial charge in [0.15, 0.2) is 5.78 Å². The van der Waals surface area contributed by atoms with Crippen LogP contribution in [-0.4, -0.2) is 15.9 Å². The second-order valence-electron chi connectivity index (χ2n) is 15.1. The molecule has 0 spiro atoms. The summed E-state index contributed by atoms with van der Waals surface area (Å²) in [7, 11) is 0. The minimum atomic E-state index is 0. The van der Waals surface area contributed by atoms with Gasteiger partial charge >= 0.3 is 0 Å². The van der Waals surface area contributed by atoms with Crippen LogP contribution in [0.3, 0.4) is 0 Å². The maximum absolute atomic E-state index is 11.7. The average molecular weight is 877 g/mol. The Balaban J connectivity index is 0.000000312. The van der Waals surface area contributed by atoms with Crippen LogP contribution in [0.1, 0.15) is 99.1 Å².